The molecule has 1 aliphatic carbocycles. The highest BCUT2D eigenvalue weighted by Crippen LogP contribution is 2.45. The van der Waals surface area contributed by atoms with Gasteiger partial charge in [-0.1, -0.05) is 30.7 Å². The van der Waals surface area contributed by atoms with E-state index >= 15 is 0 Å². The van der Waals surface area contributed by atoms with E-state index in [2.05, 4.69) is 12.0 Å². The number of hydrogen-bond acceptors (Lipinski definition) is 7. The van der Waals surface area contributed by atoms with Crippen LogP contribution < -0.4 is 20.9 Å². The average Bonchev–Trinajstić information content (AvgIpc) is 3.62. The first-order chi connectivity index (χ1) is 18.0. The molecule has 2 N–H and O–H groups in total. The largest absolute Gasteiger partial charge is 0.486 e. The van der Waals surface area contributed by atoms with E-state index in [9.17, 15) is 17.6 Å². The molecule has 0 radical (unpaired) electrons. The van der Waals surface area contributed by atoms with E-state index in [-0.39, 0.29) is 35.7 Å². The number of nitrogens with zero attached hydrogens (tertiary/aromatic N) is 4. The van der Waals surface area contributed by atoms with E-state index in [1.165, 1.54) is 27.2 Å². The van der Waals surface area contributed by atoms with Gasteiger partial charge in [-0.2, -0.15) is 14.1 Å². The van der Waals surface area contributed by atoms with Gasteiger partial charge in [-0.15, -0.1) is 0 Å². The van der Waals surface area contributed by atoms with Crippen LogP contribution in [0.4, 0.5) is 15.8 Å². The molecule has 1 saturated heterocycles. The first kappa shape index (κ1) is 26.5. The predicted octanol–water partition coefficient (Wildman–Crippen LogP) is 3.44. The van der Waals surface area contributed by atoms with Gasteiger partial charge in [-0.05, 0) is 48.7 Å². The number of ether oxygens (including phenoxy) is 1. The summed E-state index contributed by atoms with van der Waals surface area (Å²) in [4.78, 5) is 15.4. The van der Waals surface area contributed by atoms with Crippen LogP contribution in [-0.4, -0.2) is 55.3 Å². The molecule has 0 atom stereocenters. The van der Waals surface area contributed by atoms with E-state index in [4.69, 9.17) is 22.1 Å². The first-order valence-corrected chi connectivity index (χ1v) is 14.3. The van der Waals surface area contributed by atoms with Crippen molar-refractivity contribution in [3.05, 3.63) is 75.4 Å². The van der Waals surface area contributed by atoms with Crippen LogP contribution in [0.25, 0.3) is 5.69 Å². The fourth-order valence-corrected chi connectivity index (χ4v) is 6.07. The van der Waals surface area contributed by atoms with Gasteiger partial charge in [0.25, 0.3) is 0 Å². The number of anilines is 2. The normalized spacial score (nSPS) is 17.4. The van der Waals surface area contributed by atoms with Crippen molar-refractivity contribution < 1.29 is 17.5 Å². The van der Waals surface area contributed by atoms with Gasteiger partial charge in [0.2, 0.25) is 15.8 Å². The highest BCUT2D eigenvalue weighted by molar-refractivity contribution is 7.88. The van der Waals surface area contributed by atoms with Crippen LogP contribution in [0.5, 0.6) is 5.75 Å². The summed E-state index contributed by atoms with van der Waals surface area (Å²) in [5.41, 5.74) is 6.62. The Balaban J connectivity index is 1.36. The average molecular weight is 562 g/mol. The molecule has 38 heavy (non-hydrogen) atoms. The van der Waals surface area contributed by atoms with Gasteiger partial charge >= 0.3 is 5.56 Å². The molecule has 0 spiro atoms. The van der Waals surface area contributed by atoms with E-state index < -0.39 is 21.4 Å². The van der Waals surface area contributed by atoms with Crippen molar-refractivity contribution in [2.45, 2.75) is 25.5 Å². The highest BCUT2D eigenvalue weighted by atomic mass is 35.5. The second-order valence-corrected chi connectivity index (χ2v) is 12.6. The molecule has 1 aromatic heterocycles. The number of sulfonamides is 1. The van der Waals surface area contributed by atoms with Crippen LogP contribution in [0, 0.1) is 11.2 Å². The van der Waals surface area contributed by atoms with Crippen LogP contribution >= 0.6 is 11.6 Å². The van der Waals surface area contributed by atoms with E-state index in [0.29, 0.717) is 41.7 Å². The summed E-state index contributed by atoms with van der Waals surface area (Å²) >= 11 is 6.13. The quantitative estimate of drug-likeness (QED) is 0.419. The van der Waals surface area contributed by atoms with E-state index in [0.717, 1.165) is 12.8 Å². The molecule has 2 aromatic carbocycles. The lowest BCUT2D eigenvalue weighted by Gasteiger charge is -2.35. The molecule has 0 bridgehead atoms. The Morgan fingerprint density at radius 3 is 2.53 bits per heavy atom. The molecule has 1 aliphatic heterocycles. The maximum atomic E-state index is 13.5. The first-order valence-electron chi connectivity index (χ1n) is 12.3. The molecule has 2 heterocycles. The second-order valence-electron chi connectivity index (χ2n) is 10.2. The van der Waals surface area contributed by atoms with E-state index in [1.807, 2.05) is 4.90 Å². The highest BCUT2D eigenvalue weighted by Gasteiger charge is 2.39. The maximum absolute atomic E-state index is 13.5. The molecule has 5 rings (SSSR count). The van der Waals surface area contributed by atoms with Crippen LogP contribution in [0.2, 0.25) is 5.02 Å². The summed E-state index contributed by atoms with van der Waals surface area (Å²) in [6.07, 6.45) is 3.65. The third-order valence-electron chi connectivity index (χ3n) is 7.02. The molecule has 2 aliphatic rings. The topological polar surface area (TPSA) is 111 Å². The third-order valence-corrected chi connectivity index (χ3v) is 9.10. The Morgan fingerprint density at radius 2 is 1.87 bits per heavy atom. The zero-order chi connectivity index (χ0) is 27.1. The van der Waals surface area contributed by atoms with Crippen LogP contribution in [0.1, 0.15) is 25.3 Å². The molecule has 3 aromatic rings. The summed E-state index contributed by atoms with van der Waals surface area (Å²) in [7, 11) is -3.65. The van der Waals surface area contributed by atoms with Gasteiger partial charge in [0.15, 0.2) is 0 Å². The number of piperazine rings is 1. The molecular formula is C26H29ClFN5O4S. The van der Waals surface area contributed by atoms with Crippen molar-refractivity contribution in [3.63, 3.8) is 0 Å². The number of halogens is 2. The fraction of sp³-hybridized carbons (Fsp3) is 0.385. The Morgan fingerprint density at radius 1 is 1.13 bits per heavy atom. The van der Waals surface area contributed by atoms with Crippen LogP contribution in [-0.2, 0) is 15.8 Å². The summed E-state index contributed by atoms with van der Waals surface area (Å²) in [5, 5.41) is 4.85. The monoisotopic (exact) mass is 561 g/mol. The SMILES string of the molecule is CC1(COc2c(N3CCN(S(=O)(=O)Cc4ccc(F)c(N)c4)CC3)cnn(-c3cccc(Cl)c3)c2=O)CC1. The van der Waals surface area contributed by atoms with Crippen molar-refractivity contribution in [1.29, 1.82) is 0 Å². The summed E-state index contributed by atoms with van der Waals surface area (Å²) < 4.78 is 48.3. The number of nitrogens with two attached hydrogens (primary N) is 1. The van der Waals surface area contributed by atoms with Crippen molar-refractivity contribution >= 4 is 33.0 Å². The van der Waals surface area contributed by atoms with Gasteiger partial charge in [-0.3, -0.25) is 4.79 Å². The molecule has 0 unspecified atom stereocenters. The molecule has 202 valence electrons. The van der Waals surface area contributed by atoms with Crippen LogP contribution in [0.15, 0.2) is 53.5 Å². The molecule has 1 saturated carbocycles. The van der Waals surface area contributed by atoms with Gasteiger partial charge in [0.05, 0.1) is 29.9 Å². The van der Waals surface area contributed by atoms with Crippen molar-refractivity contribution in [3.8, 4) is 11.4 Å². The smallest absolute Gasteiger partial charge is 0.316 e. The third kappa shape index (κ3) is 5.64. The molecule has 12 heteroatoms. The van der Waals surface area contributed by atoms with Crippen molar-refractivity contribution in [2.24, 2.45) is 5.41 Å². The number of hydrogen-bond donors (Lipinski definition) is 1. The van der Waals surface area contributed by atoms with Crippen molar-refractivity contribution in [1.82, 2.24) is 14.1 Å². The lowest BCUT2D eigenvalue weighted by molar-refractivity contribution is 0.242. The summed E-state index contributed by atoms with van der Waals surface area (Å²) in [6.45, 7) is 3.65. The summed E-state index contributed by atoms with van der Waals surface area (Å²) in [5.74, 6) is -0.674. The standard InChI is InChI=1S/C26H29ClFN5O4S/c1-26(7-8-26)17-37-24-23(15-30-33(25(24)34)20-4-2-3-19(27)14-20)31-9-11-32(12-10-31)38(35,36)16-18-5-6-21(28)22(29)13-18/h2-6,13-15H,7-12,16-17,29H2,1H3. The second kappa shape index (κ2) is 10.2. The minimum atomic E-state index is -3.65. The maximum Gasteiger partial charge on any atom is 0.316 e. The predicted molar refractivity (Wildman–Crippen MR) is 145 cm³/mol. The van der Waals surface area contributed by atoms with Gasteiger partial charge in [0.1, 0.15) is 11.5 Å². The molecule has 9 nitrogen and oxygen atoms in total. The molecule has 2 fully saturated rings. The Labute approximate surface area is 225 Å². The number of benzene rings is 2. The minimum Gasteiger partial charge on any atom is -0.486 e. The van der Waals surface area contributed by atoms with Gasteiger partial charge in [0, 0.05) is 36.6 Å². The fourth-order valence-electron chi connectivity index (χ4n) is 4.38. The molecule has 0 amide bonds. The Kier molecular flexibility index (Phi) is 7.10. The Bertz CT molecular complexity index is 1520. The van der Waals surface area contributed by atoms with Gasteiger partial charge < -0.3 is 15.4 Å². The summed E-state index contributed by atoms with van der Waals surface area (Å²) in [6, 6.07) is 10.8. The zero-order valence-corrected chi connectivity index (χ0v) is 22.5. The lowest BCUT2D eigenvalue weighted by atomic mass is 10.2. The number of nitrogen functional groups attached to an aromatic ring is 1. The van der Waals surface area contributed by atoms with Crippen molar-refractivity contribution in [2.75, 3.05) is 43.4 Å². The number of rotatable bonds is 8. The van der Waals surface area contributed by atoms with Gasteiger partial charge in [-0.25, -0.2) is 12.8 Å². The number of aromatic nitrogens is 2. The minimum absolute atomic E-state index is 0.0460. The lowest BCUT2D eigenvalue weighted by Crippen LogP contribution is -2.49. The van der Waals surface area contributed by atoms with E-state index in [1.54, 1.807) is 30.5 Å². The Hall–Kier alpha value is -3.15. The van der Waals surface area contributed by atoms with Crippen LogP contribution in [0.3, 0.4) is 0 Å². The molecular weight excluding hydrogens is 533 g/mol. The zero-order valence-electron chi connectivity index (χ0n) is 20.9.